The molecule has 2 aromatic rings. The van der Waals surface area contributed by atoms with E-state index in [-0.39, 0.29) is 0 Å². The maximum atomic E-state index is 6.07. The minimum atomic E-state index is 0.498. The maximum Gasteiger partial charge on any atom is 0.0934 e. The Hall–Kier alpha value is -1.29. The van der Waals surface area contributed by atoms with E-state index in [1.807, 2.05) is 30.5 Å². The van der Waals surface area contributed by atoms with Crippen LogP contribution >= 0.6 is 11.6 Å². The van der Waals surface area contributed by atoms with E-state index in [1.165, 1.54) is 11.1 Å². The number of hydrogen-bond acceptors (Lipinski definition) is 3. The van der Waals surface area contributed by atoms with Crippen LogP contribution in [-0.2, 0) is 17.6 Å². The number of rotatable bonds is 9. The Morgan fingerprint density at radius 1 is 1.24 bits per heavy atom. The van der Waals surface area contributed by atoms with Crippen LogP contribution in [0.5, 0.6) is 0 Å². The molecule has 4 heteroatoms. The highest BCUT2D eigenvalue weighted by atomic mass is 35.5. The standard InChI is InChI=1S/C17H22ClNO2/c1-20-8-6-19-12-16(10-15-5-7-21-13-15)9-14-3-2-4-17(18)11-14/h2-5,7,11,13,16,19H,6,8-10,12H2,1H3. The second kappa shape index (κ2) is 8.88. The van der Waals surface area contributed by atoms with Crippen LogP contribution in [0.15, 0.2) is 47.3 Å². The van der Waals surface area contributed by atoms with Gasteiger partial charge in [-0.2, -0.15) is 0 Å². The fraction of sp³-hybridized carbons (Fsp3) is 0.412. The van der Waals surface area contributed by atoms with Crippen molar-refractivity contribution in [2.75, 3.05) is 26.8 Å². The van der Waals surface area contributed by atoms with Gasteiger partial charge in [-0.25, -0.2) is 0 Å². The molecule has 0 bridgehead atoms. The van der Waals surface area contributed by atoms with Crippen LogP contribution in [0.25, 0.3) is 0 Å². The first-order chi connectivity index (χ1) is 10.3. The fourth-order valence-corrected chi connectivity index (χ4v) is 2.65. The normalized spacial score (nSPS) is 12.5. The average Bonchev–Trinajstić information content (AvgIpc) is 2.96. The van der Waals surface area contributed by atoms with Gasteiger partial charge in [-0.1, -0.05) is 23.7 Å². The van der Waals surface area contributed by atoms with E-state index < -0.39 is 0 Å². The second-order valence-corrected chi connectivity index (χ2v) is 5.67. The third kappa shape index (κ3) is 5.92. The third-order valence-electron chi connectivity index (χ3n) is 3.43. The summed E-state index contributed by atoms with van der Waals surface area (Å²) in [6.45, 7) is 2.55. The number of nitrogens with one attached hydrogen (secondary N) is 1. The Morgan fingerprint density at radius 3 is 2.81 bits per heavy atom. The molecule has 1 atom stereocenters. The minimum absolute atomic E-state index is 0.498. The molecule has 0 aliphatic rings. The molecule has 2 rings (SSSR count). The van der Waals surface area contributed by atoms with E-state index in [0.717, 1.165) is 37.6 Å². The highest BCUT2D eigenvalue weighted by Gasteiger charge is 2.12. The largest absolute Gasteiger partial charge is 0.472 e. The average molecular weight is 308 g/mol. The Bertz CT molecular complexity index is 513. The molecule has 3 nitrogen and oxygen atoms in total. The van der Waals surface area contributed by atoms with Gasteiger partial charge >= 0.3 is 0 Å². The predicted octanol–water partition coefficient (Wildman–Crippen LogP) is 3.57. The van der Waals surface area contributed by atoms with Crippen molar-refractivity contribution in [2.24, 2.45) is 5.92 Å². The summed E-state index contributed by atoms with van der Waals surface area (Å²) in [5.41, 5.74) is 2.50. The van der Waals surface area contributed by atoms with Crippen molar-refractivity contribution < 1.29 is 9.15 Å². The first kappa shape index (κ1) is 16.1. The Labute approximate surface area is 131 Å². The van der Waals surface area contributed by atoms with Crippen LogP contribution in [-0.4, -0.2) is 26.8 Å². The Balaban J connectivity index is 1.93. The molecule has 0 aliphatic heterocycles. The van der Waals surface area contributed by atoms with Crippen LogP contribution in [0.3, 0.4) is 0 Å². The molecule has 1 heterocycles. The summed E-state index contributed by atoms with van der Waals surface area (Å²) >= 11 is 6.07. The summed E-state index contributed by atoms with van der Waals surface area (Å²) in [6.07, 6.45) is 5.53. The molecule has 0 fully saturated rings. The summed E-state index contributed by atoms with van der Waals surface area (Å²) in [5, 5.41) is 4.24. The van der Waals surface area contributed by atoms with Gasteiger partial charge in [0.25, 0.3) is 0 Å². The quantitative estimate of drug-likeness (QED) is 0.719. The summed E-state index contributed by atoms with van der Waals surface area (Å²) in [6, 6.07) is 10.1. The summed E-state index contributed by atoms with van der Waals surface area (Å²) in [5.74, 6) is 0.498. The molecule has 0 saturated heterocycles. The molecule has 1 unspecified atom stereocenters. The van der Waals surface area contributed by atoms with Crippen molar-refractivity contribution in [2.45, 2.75) is 12.8 Å². The van der Waals surface area contributed by atoms with E-state index in [2.05, 4.69) is 11.4 Å². The van der Waals surface area contributed by atoms with E-state index in [0.29, 0.717) is 5.92 Å². The van der Waals surface area contributed by atoms with E-state index in [9.17, 15) is 0 Å². The summed E-state index contributed by atoms with van der Waals surface area (Å²) in [7, 11) is 1.72. The monoisotopic (exact) mass is 307 g/mol. The Morgan fingerprint density at radius 2 is 2.10 bits per heavy atom. The van der Waals surface area contributed by atoms with Gasteiger partial charge in [0.2, 0.25) is 0 Å². The third-order valence-corrected chi connectivity index (χ3v) is 3.67. The van der Waals surface area contributed by atoms with Crippen molar-refractivity contribution in [3.05, 3.63) is 59.0 Å². The minimum Gasteiger partial charge on any atom is -0.472 e. The molecule has 1 N–H and O–H groups in total. The molecule has 1 aromatic carbocycles. The zero-order valence-electron chi connectivity index (χ0n) is 12.3. The van der Waals surface area contributed by atoms with Crippen LogP contribution < -0.4 is 5.32 Å². The van der Waals surface area contributed by atoms with Gasteiger partial charge in [-0.3, -0.25) is 0 Å². The molecule has 0 spiro atoms. The van der Waals surface area contributed by atoms with Gasteiger partial charge in [0.15, 0.2) is 0 Å². The topological polar surface area (TPSA) is 34.4 Å². The van der Waals surface area contributed by atoms with Crippen molar-refractivity contribution in [1.29, 1.82) is 0 Å². The van der Waals surface area contributed by atoms with Crippen molar-refractivity contribution in [1.82, 2.24) is 5.32 Å². The highest BCUT2D eigenvalue weighted by molar-refractivity contribution is 6.30. The van der Waals surface area contributed by atoms with Crippen LogP contribution in [0.1, 0.15) is 11.1 Å². The molecular weight excluding hydrogens is 286 g/mol. The van der Waals surface area contributed by atoms with Crippen molar-refractivity contribution in [3.63, 3.8) is 0 Å². The first-order valence-electron chi connectivity index (χ1n) is 7.23. The predicted molar refractivity (Wildman–Crippen MR) is 85.8 cm³/mol. The van der Waals surface area contributed by atoms with Gasteiger partial charge in [-0.15, -0.1) is 0 Å². The molecule has 0 amide bonds. The van der Waals surface area contributed by atoms with E-state index >= 15 is 0 Å². The molecule has 1 aromatic heterocycles. The van der Waals surface area contributed by atoms with Gasteiger partial charge < -0.3 is 14.5 Å². The molecule has 0 saturated carbocycles. The smallest absolute Gasteiger partial charge is 0.0934 e. The number of ether oxygens (including phenoxy) is 1. The zero-order chi connectivity index (χ0) is 14.9. The lowest BCUT2D eigenvalue weighted by atomic mass is 9.93. The van der Waals surface area contributed by atoms with Gasteiger partial charge in [-0.05, 0) is 54.6 Å². The Kier molecular flexibility index (Phi) is 6.80. The molecule has 21 heavy (non-hydrogen) atoms. The highest BCUT2D eigenvalue weighted by Crippen LogP contribution is 2.17. The lowest BCUT2D eigenvalue weighted by Gasteiger charge is -2.17. The van der Waals surface area contributed by atoms with E-state index in [4.69, 9.17) is 20.8 Å². The number of methoxy groups -OCH3 is 1. The van der Waals surface area contributed by atoms with Crippen LogP contribution in [0, 0.1) is 5.92 Å². The maximum absolute atomic E-state index is 6.07. The molecule has 0 radical (unpaired) electrons. The van der Waals surface area contributed by atoms with Crippen molar-refractivity contribution >= 4 is 11.6 Å². The van der Waals surface area contributed by atoms with Crippen molar-refractivity contribution in [3.8, 4) is 0 Å². The van der Waals surface area contributed by atoms with Gasteiger partial charge in [0.1, 0.15) is 0 Å². The first-order valence-corrected chi connectivity index (χ1v) is 7.61. The second-order valence-electron chi connectivity index (χ2n) is 5.23. The molecule has 114 valence electrons. The molecular formula is C17H22ClNO2. The number of hydrogen-bond donors (Lipinski definition) is 1. The lowest BCUT2D eigenvalue weighted by molar-refractivity contribution is 0.197. The van der Waals surface area contributed by atoms with Gasteiger partial charge in [0.05, 0.1) is 19.1 Å². The SMILES string of the molecule is COCCNCC(Cc1ccoc1)Cc1cccc(Cl)c1. The van der Waals surface area contributed by atoms with Crippen LogP contribution in [0.2, 0.25) is 5.02 Å². The van der Waals surface area contributed by atoms with Crippen LogP contribution in [0.4, 0.5) is 0 Å². The van der Waals surface area contributed by atoms with E-state index in [1.54, 1.807) is 13.4 Å². The van der Waals surface area contributed by atoms with Gasteiger partial charge in [0, 0.05) is 18.7 Å². The number of halogens is 1. The number of benzene rings is 1. The summed E-state index contributed by atoms with van der Waals surface area (Å²) in [4.78, 5) is 0. The summed E-state index contributed by atoms with van der Waals surface area (Å²) < 4.78 is 10.2. The molecule has 0 aliphatic carbocycles. The fourth-order valence-electron chi connectivity index (χ4n) is 2.44. The zero-order valence-corrected chi connectivity index (χ0v) is 13.1. The lowest BCUT2D eigenvalue weighted by Crippen LogP contribution is -2.28. The number of furan rings is 1.